The van der Waals surface area contributed by atoms with E-state index in [1.54, 1.807) is 31.2 Å². The molecule has 2 aromatic rings. The molecule has 148 valence electrons. The first-order valence-corrected chi connectivity index (χ1v) is 9.18. The van der Waals surface area contributed by atoms with E-state index >= 15 is 0 Å². The summed E-state index contributed by atoms with van der Waals surface area (Å²) in [6.45, 7) is 3.25. The Morgan fingerprint density at radius 1 is 1.00 bits per heavy atom. The minimum Gasteiger partial charge on any atom is -0.481 e. The molecule has 0 bridgehead atoms. The predicted molar refractivity (Wildman–Crippen MR) is 107 cm³/mol. The van der Waals surface area contributed by atoms with Crippen molar-refractivity contribution in [1.29, 1.82) is 0 Å². The highest BCUT2D eigenvalue weighted by molar-refractivity contribution is 5.86. The van der Waals surface area contributed by atoms with E-state index in [1.165, 1.54) is 11.8 Å². The zero-order valence-electron chi connectivity index (χ0n) is 16.2. The molecule has 1 atom stereocenters. The van der Waals surface area contributed by atoms with Crippen LogP contribution < -0.4 is 5.32 Å². The Morgan fingerprint density at radius 3 is 2.11 bits per heavy atom. The third kappa shape index (κ3) is 5.67. The molecule has 6 nitrogen and oxygen atoms in total. The summed E-state index contributed by atoms with van der Waals surface area (Å²) in [7, 11) is 0. The first-order chi connectivity index (χ1) is 13.3. The molecule has 0 saturated heterocycles. The van der Waals surface area contributed by atoms with E-state index in [1.807, 2.05) is 36.4 Å². The molecule has 2 amide bonds. The fraction of sp³-hybridized carbons (Fsp3) is 0.318. The van der Waals surface area contributed by atoms with Crippen LogP contribution in [0.2, 0.25) is 0 Å². The van der Waals surface area contributed by atoms with Crippen LogP contribution in [0.1, 0.15) is 25.0 Å². The van der Waals surface area contributed by atoms with Crippen molar-refractivity contribution in [3.63, 3.8) is 0 Å². The molecule has 0 radical (unpaired) electrons. The molecule has 0 saturated carbocycles. The number of carbonyl (C=O) groups excluding carboxylic acids is 2. The summed E-state index contributed by atoms with van der Waals surface area (Å²) in [5.41, 5.74) is 0.439. The van der Waals surface area contributed by atoms with Gasteiger partial charge in [0.25, 0.3) is 0 Å². The SMILES string of the molecule is CC(=O)N(CCc1ccccc1)CC(=O)NCC(C)(C(=O)O)c1ccccc1. The molecule has 0 aliphatic rings. The van der Waals surface area contributed by atoms with Gasteiger partial charge in [0.1, 0.15) is 5.41 Å². The van der Waals surface area contributed by atoms with Gasteiger partial charge in [-0.1, -0.05) is 60.7 Å². The fourth-order valence-electron chi connectivity index (χ4n) is 2.87. The van der Waals surface area contributed by atoms with E-state index in [4.69, 9.17) is 0 Å². The van der Waals surface area contributed by atoms with Crippen LogP contribution >= 0.6 is 0 Å². The normalized spacial score (nSPS) is 12.6. The second-order valence-electron chi connectivity index (χ2n) is 6.96. The standard InChI is InChI=1S/C22H26N2O4/c1-17(25)24(14-13-18-9-5-3-6-10-18)15-20(26)23-16-22(2,21(27)28)19-11-7-4-8-12-19/h3-12H,13-16H2,1-2H3,(H,23,26)(H,27,28). The number of benzene rings is 2. The third-order valence-corrected chi connectivity index (χ3v) is 4.82. The van der Waals surface area contributed by atoms with Crippen molar-refractivity contribution in [2.75, 3.05) is 19.6 Å². The zero-order chi connectivity index (χ0) is 20.6. The average molecular weight is 382 g/mol. The number of amides is 2. The summed E-state index contributed by atoms with van der Waals surface area (Å²) in [6, 6.07) is 18.5. The molecule has 0 spiro atoms. The van der Waals surface area contributed by atoms with Gasteiger partial charge in [-0.25, -0.2) is 0 Å². The summed E-state index contributed by atoms with van der Waals surface area (Å²) >= 11 is 0. The van der Waals surface area contributed by atoms with Crippen LogP contribution in [-0.4, -0.2) is 47.4 Å². The van der Waals surface area contributed by atoms with Gasteiger partial charge in [-0.15, -0.1) is 0 Å². The Morgan fingerprint density at radius 2 is 1.57 bits per heavy atom. The molecule has 2 aromatic carbocycles. The minimum absolute atomic E-state index is 0.0599. The Kier molecular flexibility index (Phi) is 7.32. The van der Waals surface area contributed by atoms with Crippen molar-refractivity contribution in [2.24, 2.45) is 0 Å². The van der Waals surface area contributed by atoms with E-state index < -0.39 is 11.4 Å². The lowest BCUT2D eigenvalue weighted by Gasteiger charge is -2.27. The van der Waals surface area contributed by atoms with Crippen LogP contribution in [0.25, 0.3) is 0 Å². The highest BCUT2D eigenvalue weighted by Gasteiger charge is 2.35. The van der Waals surface area contributed by atoms with Crippen molar-refractivity contribution >= 4 is 17.8 Å². The summed E-state index contributed by atoms with van der Waals surface area (Å²) in [5.74, 6) is -1.60. The van der Waals surface area contributed by atoms with Gasteiger partial charge in [0.05, 0.1) is 6.54 Å². The second kappa shape index (κ2) is 9.69. The van der Waals surface area contributed by atoms with Gasteiger partial charge in [-0.2, -0.15) is 0 Å². The molecule has 2 rings (SSSR count). The molecule has 0 aliphatic heterocycles. The molecule has 0 fully saturated rings. The van der Waals surface area contributed by atoms with Gasteiger partial charge < -0.3 is 15.3 Å². The van der Waals surface area contributed by atoms with Gasteiger partial charge in [0, 0.05) is 20.0 Å². The molecule has 6 heteroatoms. The van der Waals surface area contributed by atoms with Crippen LogP contribution in [0.3, 0.4) is 0 Å². The second-order valence-corrected chi connectivity index (χ2v) is 6.96. The lowest BCUT2D eigenvalue weighted by atomic mass is 9.82. The molecule has 28 heavy (non-hydrogen) atoms. The third-order valence-electron chi connectivity index (χ3n) is 4.82. The molecule has 0 heterocycles. The minimum atomic E-state index is -1.25. The first-order valence-electron chi connectivity index (χ1n) is 9.18. The average Bonchev–Trinajstić information content (AvgIpc) is 2.70. The van der Waals surface area contributed by atoms with Crippen molar-refractivity contribution in [2.45, 2.75) is 25.7 Å². The Bertz CT molecular complexity index is 808. The Balaban J connectivity index is 1.96. The van der Waals surface area contributed by atoms with E-state index in [-0.39, 0.29) is 24.9 Å². The van der Waals surface area contributed by atoms with Crippen LogP contribution in [0.15, 0.2) is 60.7 Å². The van der Waals surface area contributed by atoms with Crippen molar-refractivity contribution in [3.05, 3.63) is 71.8 Å². The molecule has 1 unspecified atom stereocenters. The zero-order valence-corrected chi connectivity index (χ0v) is 16.2. The number of nitrogens with one attached hydrogen (secondary N) is 1. The molecular weight excluding hydrogens is 356 g/mol. The lowest BCUT2D eigenvalue weighted by Crippen LogP contribution is -2.47. The van der Waals surface area contributed by atoms with E-state index in [2.05, 4.69) is 5.32 Å². The van der Waals surface area contributed by atoms with Crippen LogP contribution in [0, 0.1) is 0 Å². The number of nitrogens with zero attached hydrogens (tertiary/aromatic N) is 1. The monoisotopic (exact) mass is 382 g/mol. The highest BCUT2D eigenvalue weighted by atomic mass is 16.4. The number of carbonyl (C=O) groups is 3. The summed E-state index contributed by atoms with van der Waals surface area (Å²) in [5, 5.41) is 12.3. The van der Waals surface area contributed by atoms with Gasteiger partial charge >= 0.3 is 5.97 Å². The van der Waals surface area contributed by atoms with Gasteiger partial charge in [0.15, 0.2) is 0 Å². The molecule has 0 aliphatic carbocycles. The van der Waals surface area contributed by atoms with Gasteiger partial charge in [0.2, 0.25) is 11.8 Å². The summed E-state index contributed by atoms with van der Waals surface area (Å²) in [4.78, 5) is 37.5. The summed E-state index contributed by atoms with van der Waals surface area (Å²) in [6.07, 6.45) is 0.643. The predicted octanol–water partition coefficient (Wildman–Crippen LogP) is 2.24. The topological polar surface area (TPSA) is 86.7 Å². The number of rotatable bonds is 9. The van der Waals surface area contributed by atoms with Crippen LogP contribution in [0.5, 0.6) is 0 Å². The van der Waals surface area contributed by atoms with Crippen molar-refractivity contribution in [1.82, 2.24) is 10.2 Å². The quantitative estimate of drug-likeness (QED) is 0.696. The number of hydrogen-bond donors (Lipinski definition) is 2. The van der Waals surface area contributed by atoms with Crippen molar-refractivity contribution in [3.8, 4) is 0 Å². The number of hydrogen-bond acceptors (Lipinski definition) is 3. The molecule has 0 aromatic heterocycles. The molecule has 2 N–H and O–H groups in total. The first kappa shape index (κ1) is 21.2. The van der Waals surface area contributed by atoms with Crippen LogP contribution in [-0.2, 0) is 26.2 Å². The Labute approximate surface area is 165 Å². The highest BCUT2D eigenvalue weighted by Crippen LogP contribution is 2.23. The van der Waals surface area contributed by atoms with E-state index in [9.17, 15) is 19.5 Å². The van der Waals surface area contributed by atoms with Crippen molar-refractivity contribution < 1.29 is 19.5 Å². The molecular formula is C22H26N2O4. The van der Waals surface area contributed by atoms with Gasteiger partial charge in [-0.05, 0) is 24.5 Å². The smallest absolute Gasteiger partial charge is 0.315 e. The largest absolute Gasteiger partial charge is 0.481 e. The van der Waals surface area contributed by atoms with E-state index in [0.717, 1.165) is 5.56 Å². The number of carboxylic acids is 1. The Hall–Kier alpha value is -3.15. The van der Waals surface area contributed by atoms with E-state index in [0.29, 0.717) is 18.5 Å². The number of carboxylic acid groups (broad SMARTS) is 1. The summed E-state index contributed by atoms with van der Waals surface area (Å²) < 4.78 is 0. The maximum absolute atomic E-state index is 12.4. The maximum atomic E-state index is 12.4. The lowest BCUT2D eigenvalue weighted by molar-refractivity contribution is -0.143. The fourth-order valence-corrected chi connectivity index (χ4v) is 2.87. The van der Waals surface area contributed by atoms with Gasteiger partial charge in [-0.3, -0.25) is 14.4 Å². The maximum Gasteiger partial charge on any atom is 0.315 e. The van der Waals surface area contributed by atoms with Crippen LogP contribution in [0.4, 0.5) is 0 Å². The number of aliphatic carboxylic acids is 1.